The van der Waals surface area contributed by atoms with Crippen molar-refractivity contribution in [3.63, 3.8) is 0 Å². The first kappa shape index (κ1) is 21.8. The fourth-order valence-electron chi connectivity index (χ4n) is 2.49. The van der Waals surface area contributed by atoms with Crippen molar-refractivity contribution < 1.29 is 23.9 Å². The van der Waals surface area contributed by atoms with E-state index in [-0.39, 0.29) is 29.4 Å². The zero-order valence-corrected chi connectivity index (χ0v) is 16.5. The van der Waals surface area contributed by atoms with Crippen molar-refractivity contribution in [2.75, 3.05) is 19.7 Å². The molecule has 2 aromatic rings. The van der Waals surface area contributed by atoms with Crippen molar-refractivity contribution >= 4 is 23.6 Å². The van der Waals surface area contributed by atoms with Crippen LogP contribution in [0.4, 0.5) is 0 Å². The molecule has 0 unspecified atom stereocenters. The van der Waals surface area contributed by atoms with Crippen LogP contribution in [0.1, 0.15) is 45.2 Å². The SMILES string of the molecule is CCCNC(=O)CNC(=O)COC(=O)c1ccccc1C(=O)c1ccc(C)cc1. The summed E-state index contributed by atoms with van der Waals surface area (Å²) in [6.07, 6.45) is 0.790. The lowest BCUT2D eigenvalue weighted by Crippen LogP contribution is -2.39. The Morgan fingerprint density at radius 1 is 0.862 bits per heavy atom. The monoisotopic (exact) mass is 396 g/mol. The Morgan fingerprint density at radius 3 is 2.17 bits per heavy atom. The zero-order valence-electron chi connectivity index (χ0n) is 16.5. The second kappa shape index (κ2) is 10.8. The number of esters is 1. The summed E-state index contributed by atoms with van der Waals surface area (Å²) in [4.78, 5) is 48.4. The molecule has 0 aliphatic rings. The Morgan fingerprint density at radius 2 is 1.52 bits per heavy atom. The standard InChI is InChI=1S/C22H24N2O5/c1-3-12-23-19(25)13-24-20(26)14-29-22(28)18-7-5-4-6-17(18)21(27)16-10-8-15(2)9-11-16/h4-11H,3,12-14H2,1-2H3,(H,23,25)(H,24,26). The van der Waals surface area contributed by atoms with Gasteiger partial charge in [-0.1, -0.05) is 55.0 Å². The summed E-state index contributed by atoms with van der Waals surface area (Å²) in [5.74, 6) is -2.02. The molecule has 0 saturated carbocycles. The Bertz CT molecular complexity index is 890. The van der Waals surface area contributed by atoms with E-state index in [1.807, 2.05) is 26.0 Å². The lowest BCUT2D eigenvalue weighted by Gasteiger charge is -2.10. The van der Waals surface area contributed by atoms with E-state index < -0.39 is 18.5 Å². The largest absolute Gasteiger partial charge is 0.452 e. The van der Waals surface area contributed by atoms with Gasteiger partial charge in [0.1, 0.15) is 0 Å². The summed E-state index contributed by atoms with van der Waals surface area (Å²) in [5, 5.41) is 4.99. The number of amides is 2. The first-order valence-electron chi connectivity index (χ1n) is 9.33. The fourth-order valence-corrected chi connectivity index (χ4v) is 2.49. The van der Waals surface area contributed by atoms with Gasteiger partial charge in [-0.15, -0.1) is 0 Å². The van der Waals surface area contributed by atoms with E-state index in [9.17, 15) is 19.2 Å². The van der Waals surface area contributed by atoms with E-state index in [4.69, 9.17) is 4.74 Å². The molecule has 7 heteroatoms. The van der Waals surface area contributed by atoms with E-state index in [0.29, 0.717) is 12.1 Å². The van der Waals surface area contributed by atoms with Crippen molar-refractivity contribution in [1.82, 2.24) is 10.6 Å². The molecule has 0 saturated heterocycles. The average molecular weight is 396 g/mol. The first-order valence-corrected chi connectivity index (χ1v) is 9.33. The van der Waals surface area contributed by atoms with Crippen LogP contribution in [0.5, 0.6) is 0 Å². The van der Waals surface area contributed by atoms with Crippen LogP contribution < -0.4 is 10.6 Å². The maximum atomic E-state index is 12.8. The quantitative estimate of drug-likeness (QED) is 0.499. The maximum Gasteiger partial charge on any atom is 0.339 e. The highest BCUT2D eigenvalue weighted by Gasteiger charge is 2.20. The molecule has 0 bridgehead atoms. The third kappa shape index (κ3) is 6.57. The normalized spacial score (nSPS) is 10.1. The lowest BCUT2D eigenvalue weighted by molar-refractivity contribution is -0.127. The molecule has 2 aromatic carbocycles. The highest BCUT2D eigenvalue weighted by atomic mass is 16.5. The van der Waals surface area contributed by atoms with Gasteiger partial charge in [-0.25, -0.2) is 4.79 Å². The molecule has 29 heavy (non-hydrogen) atoms. The number of carbonyl (C=O) groups excluding carboxylic acids is 4. The van der Waals surface area contributed by atoms with Gasteiger partial charge in [0, 0.05) is 17.7 Å². The van der Waals surface area contributed by atoms with Crippen LogP contribution >= 0.6 is 0 Å². The fraction of sp³-hybridized carbons (Fsp3) is 0.273. The Kier molecular flexibility index (Phi) is 8.09. The van der Waals surface area contributed by atoms with Gasteiger partial charge in [0.2, 0.25) is 5.91 Å². The molecule has 0 fully saturated rings. The minimum absolute atomic E-state index is 0.0755. The molecule has 0 aliphatic heterocycles. The van der Waals surface area contributed by atoms with Crippen LogP contribution in [0.3, 0.4) is 0 Å². The number of ketones is 1. The third-order valence-electron chi connectivity index (χ3n) is 4.06. The molecule has 0 aliphatic carbocycles. The van der Waals surface area contributed by atoms with Crippen LogP contribution in [-0.4, -0.2) is 43.3 Å². The van der Waals surface area contributed by atoms with Crippen LogP contribution in [0.2, 0.25) is 0 Å². The molecule has 2 rings (SSSR count). The van der Waals surface area contributed by atoms with Crippen LogP contribution in [0.15, 0.2) is 48.5 Å². The summed E-state index contributed by atoms with van der Waals surface area (Å²) in [7, 11) is 0. The first-order chi connectivity index (χ1) is 13.9. The highest BCUT2D eigenvalue weighted by molar-refractivity contribution is 6.14. The van der Waals surface area contributed by atoms with Crippen molar-refractivity contribution in [2.24, 2.45) is 0 Å². The molecule has 7 nitrogen and oxygen atoms in total. The lowest BCUT2D eigenvalue weighted by atomic mass is 9.98. The van der Waals surface area contributed by atoms with Gasteiger partial charge >= 0.3 is 5.97 Å². The van der Waals surface area contributed by atoms with Crippen molar-refractivity contribution in [2.45, 2.75) is 20.3 Å². The molecule has 0 atom stereocenters. The van der Waals surface area contributed by atoms with Gasteiger partial charge in [0.05, 0.1) is 12.1 Å². The van der Waals surface area contributed by atoms with E-state index >= 15 is 0 Å². The number of rotatable bonds is 9. The van der Waals surface area contributed by atoms with Gasteiger partial charge < -0.3 is 15.4 Å². The van der Waals surface area contributed by atoms with E-state index in [1.54, 1.807) is 24.3 Å². The number of ether oxygens (including phenoxy) is 1. The van der Waals surface area contributed by atoms with E-state index in [1.165, 1.54) is 12.1 Å². The van der Waals surface area contributed by atoms with E-state index in [0.717, 1.165) is 12.0 Å². The maximum absolute atomic E-state index is 12.8. The summed E-state index contributed by atoms with van der Waals surface area (Å²) in [6, 6.07) is 13.3. The zero-order chi connectivity index (χ0) is 21.2. The predicted molar refractivity (Wildman–Crippen MR) is 108 cm³/mol. The predicted octanol–water partition coefficient (Wildman–Crippen LogP) is 2.03. The van der Waals surface area contributed by atoms with E-state index in [2.05, 4.69) is 10.6 Å². The minimum atomic E-state index is -0.786. The number of nitrogens with one attached hydrogen (secondary N) is 2. The summed E-state index contributed by atoms with van der Waals surface area (Å²) < 4.78 is 5.01. The summed E-state index contributed by atoms with van der Waals surface area (Å²) >= 11 is 0. The summed E-state index contributed by atoms with van der Waals surface area (Å²) in [6.45, 7) is 3.61. The molecule has 0 radical (unpaired) electrons. The highest BCUT2D eigenvalue weighted by Crippen LogP contribution is 2.16. The summed E-state index contributed by atoms with van der Waals surface area (Å²) in [5.41, 5.74) is 1.74. The minimum Gasteiger partial charge on any atom is -0.452 e. The number of carbonyl (C=O) groups is 4. The van der Waals surface area contributed by atoms with Gasteiger partial charge in [0.25, 0.3) is 5.91 Å². The van der Waals surface area contributed by atoms with Gasteiger partial charge in [-0.05, 0) is 19.4 Å². The molecule has 152 valence electrons. The number of aryl methyl sites for hydroxylation is 1. The van der Waals surface area contributed by atoms with Crippen molar-refractivity contribution in [3.8, 4) is 0 Å². The van der Waals surface area contributed by atoms with Crippen molar-refractivity contribution in [3.05, 3.63) is 70.8 Å². The van der Waals surface area contributed by atoms with Gasteiger partial charge in [-0.2, -0.15) is 0 Å². The van der Waals surface area contributed by atoms with Crippen LogP contribution in [-0.2, 0) is 14.3 Å². The van der Waals surface area contributed by atoms with Crippen molar-refractivity contribution in [1.29, 1.82) is 0 Å². The van der Waals surface area contributed by atoms with Gasteiger partial charge in [0.15, 0.2) is 12.4 Å². The number of hydrogen-bond acceptors (Lipinski definition) is 5. The second-order valence-corrected chi connectivity index (χ2v) is 6.44. The molecule has 0 spiro atoms. The second-order valence-electron chi connectivity index (χ2n) is 6.44. The Balaban J connectivity index is 1.97. The average Bonchev–Trinajstić information content (AvgIpc) is 2.74. The Hall–Kier alpha value is -3.48. The topological polar surface area (TPSA) is 102 Å². The van der Waals surface area contributed by atoms with Crippen LogP contribution in [0, 0.1) is 6.92 Å². The number of benzene rings is 2. The molecule has 0 aromatic heterocycles. The smallest absolute Gasteiger partial charge is 0.339 e. The molecule has 2 amide bonds. The molecule has 2 N–H and O–H groups in total. The Labute approximate surface area is 169 Å². The third-order valence-corrected chi connectivity index (χ3v) is 4.06. The molecular weight excluding hydrogens is 372 g/mol. The van der Waals surface area contributed by atoms with Gasteiger partial charge in [-0.3, -0.25) is 14.4 Å². The van der Waals surface area contributed by atoms with Crippen LogP contribution in [0.25, 0.3) is 0 Å². The molecular formula is C22H24N2O5. The number of hydrogen-bond donors (Lipinski definition) is 2. The molecule has 0 heterocycles.